The molecule has 0 bridgehead atoms. The van der Waals surface area contributed by atoms with Gasteiger partial charge in [0, 0.05) is 28.3 Å². The van der Waals surface area contributed by atoms with E-state index in [0.29, 0.717) is 22.4 Å². The lowest BCUT2D eigenvalue weighted by Crippen LogP contribution is -2.15. The van der Waals surface area contributed by atoms with Gasteiger partial charge in [-0.2, -0.15) is 5.26 Å². The van der Waals surface area contributed by atoms with Crippen LogP contribution in [0.3, 0.4) is 0 Å². The van der Waals surface area contributed by atoms with Crippen molar-refractivity contribution in [2.75, 3.05) is 10.6 Å². The minimum atomic E-state index is -0.520. The summed E-state index contributed by atoms with van der Waals surface area (Å²) in [6.07, 6.45) is 1.42. The first-order valence-corrected chi connectivity index (χ1v) is 8.99. The third-order valence-corrected chi connectivity index (χ3v) is 4.47. The van der Waals surface area contributed by atoms with Crippen molar-refractivity contribution in [1.29, 1.82) is 5.26 Å². The van der Waals surface area contributed by atoms with E-state index in [1.54, 1.807) is 36.4 Å². The average molecular weight is 371 g/mol. The van der Waals surface area contributed by atoms with E-state index in [2.05, 4.69) is 24.5 Å². The molecule has 3 aromatic carbocycles. The molecule has 140 valence electrons. The number of aromatic hydroxyl groups is 1. The third-order valence-electron chi connectivity index (χ3n) is 4.47. The second-order valence-electron chi connectivity index (χ2n) is 6.69. The molecule has 0 aliphatic heterocycles. The van der Waals surface area contributed by atoms with E-state index in [4.69, 9.17) is 0 Å². The lowest BCUT2D eigenvalue weighted by atomic mass is 10.0. The topological polar surface area (TPSA) is 85.2 Å². The number of phenols is 1. The lowest BCUT2D eigenvalue weighted by Gasteiger charge is -2.13. The summed E-state index contributed by atoms with van der Waals surface area (Å²) >= 11 is 0. The summed E-state index contributed by atoms with van der Waals surface area (Å²) in [5, 5.41) is 26.6. The van der Waals surface area contributed by atoms with Gasteiger partial charge in [0.25, 0.3) is 5.91 Å². The van der Waals surface area contributed by atoms with E-state index >= 15 is 0 Å². The molecule has 1 amide bonds. The number of benzene rings is 3. The number of carbonyl (C=O) groups is 1. The molecule has 28 heavy (non-hydrogen) atoms. The van der Waals surface area contributed by atoms with Crippen molar-refractivity contribution in [3.8, 4) is 11.8 Å². The van der Waals surface area contributed by atoms with Crippen LogP contribution in [0, 0.1) is 11.3 Å². The highest BCUT2D eigenvalue weighted by Gasteiger charge is 2.13. The van der Waals surface area contributed by atoms with Crippen LogP contribution in [0.2, 0.25) is 0 Å². The SMILES string of the molecule is CC(C)c1ccccc1N/C=C(/C#N)C(=O)Nc1cccc2c(O)cccc12. The Labute approximate surface area is 163 Å². The zero-order chi connectivity index (χ0) is 20.1. The van der Waals surface area contributed by atoms with E-state index in [1.807, 2.05) is 30.3 Å². The number of anilines is 2. The number of carbonyl (C=O) groups excluding carboxylic acids is 1. The first-order valence-electron chi connectivity index (χ1n) is 8.99. The molecule has 0 aromatic heterocycles. The number of nitrogens with one attached hydrogen (secondary N) is 2. The Morgan fingerprint density at radius 3 is 2.43 bits per heavy atom. The molecule has 0 spiro atoms. The van der Waals surface area contributed by atoms with E-state index < -0.39 is 5.91 Å². The normalized spacial score (nSPS) is 11.3. The summed E-state index contributed by atoms with van der Waals surface area (Å²) in [7, 11) is 0. The van der Waals surface area contributed by atoms with Crippen LogP contribution in [0.5, 0.6) is 5.75 Å². The van der Waals surface area contributed by atoms with Gasteiger partial charge < -0.3 is 15.7 Å². The molecule has 0 radical (unpaired) electrons. The second kappa shape index (κ2) is 8.28. The summed E-state index contributed by atoms with van der Waals surface area (Å²) in [6.45, 7) is 4.16. The molecule has 0 unspecified atom stereocenters. The number of amides is 1. The molecule has 0 atom stereocenters. The zero-order valence-corrected chi connectivity index (χ0v) is 15.7. The number of para-hydroxylation sites is 1. The minimum absolute atomic E-state index is 0.0456. The van der Waals surface area contributed by atoms with Gasteiger partial charge in [-0.05, 0) is 29.7 Å². The number of rotatable bonds is 5. The van der Waals surface area contributed by atoms with Gasteiger partial charge in [-0.15, -0.1) is 0 Å². The van der Waals surface area contributed by atoms with Gasteiger partial charge in [-0.25, -0.2) is 0 Å². The molecule has 0 saturated carbocycles. The fourth-order valence-electron chi connectivity index (χ4n) is 3.02. The van der Waals surface area contributed by atoms with Gasteiger partial charge in [-0.3, -0.25) is 4.79 Å². The standard InChI is InChI=1S/C23H21N3O2/c1-15(2)17-7-3-4-10-20(17)25-14-16(13-24)23(28)26-21-11-5-9-19-18(21)8-6-12-22(19)27/h3-12,14-15,25,27H,1-2H3,(H,26,28)/b16-14-. The Kier molecular flexibility index (Phi) is 5.61. The van der Waals surface area contributed by atoms with Crippen molar-refractivity contribution in [2.45, 2.75) is 19.8 Å². The van der Waals surface area contributed by atoms with Gasteiger partial charge in [0.15, 0.2) is 0 Å². The second-order valence-corrected chi connectivity index (χ2v) is 6.69. The van der Waals surface area contributed by atoms with Crippen molar-refractivity contribution < 1.29 is 9.90 Å². The third kappa shape index (κ3) is 3.97. The van der Waals surface area contributed by atoms with E-state index in [1.165, 1.54) is 6.20 Å². The van der Waals surface area contributed by atoms with Gasteiger partial charge >= 0.3 is 0 Å². The first kappa shape index (κ1) is 19.0. The van der Waals surface area contributed by atoms with Crippen molar-refractivity contribution in [2.24, 2.45) is 0 Å². The van der Waals surface area contributed by atoms with Gasteiger partial charge in [0.1, 0.15) is 17.4 Å². The number of nitriles is 1. The van der Waals surface area contributed by atoms with Crippen molar-refractivity contribution in [1.82, 2.24) is 0 Å². The van der Waals surface area contributed by atoms with E-state index in [0.717, 1.165) is 11.3 Å². The first-order chi connectivity index (χ1) is 13.5. The fraction of sp³-hybridized carbons (Fsp3) is 0.130. The van der Waals surface area contributed by atoms with Crippen LogP contribution >= 0.6 is 0 Å². The van der Waals surface area contributed by atoms with Crippen molar-refractivity contribution in [3.63, 3.8) is 0 Å². The molecule has 0 aliphatic carbocycles. The van der Waals surface area contributed by atoms with E-state index in [9.17, 15) is 15.2 Å². The Balaban J connectivity index is 1.85. The summed E-state index contributed by atoms with van der Waals surface area (Å²) in [6, 6.07) is 20.1. The van der Waals surface area contributed by atoms with Gasteiger partial charge in [-0.1, -0.05) is 56.3 Å². The predicted octanol–water partition coefficient (Wildman–Crippen LogP) is 5.13. The highest BCUT2D eigenvalue weighted by atomic mass is 16.3. The Morgan fingerprint density at radius 1 is 1.00 bits per heavy atom. The summed E-state index contributed by atoms with van der Waals surface area (Å²) in [5.74, 6) is -0.0794. The van der Waals surface area contributed by atoms with Crippen LogP contribution in [0.25, 0.3) is 10.8 Å². The Bertz CT molecular complexity index is 1090. The average Bonchev–Trinajstić information content (AvgIpc) is 2.69. The number of hydrogen-bond acceptors (Lipinski definition) is 4. The zero-order valence-electron chi connectivity index (χ0n) is 15.7. The molecule has 0 aliphatic rings. The van der Waals surface area contributed by atoms with Crippen LogP contribution < -0.4 is 10.6 Å². The molecule has 3 aromatic rings. The Hall–Kier alpha value is -3.78. The molecule has 0 saturated heterocycles. The molecule has 0 heterocycles. The largest absolute Gasteiger partial charge is 0.507 e. The predicted molar refractivity (Wildman–Crippen MR) is 112 cm³/mol. The summed E-state index contributed by atoms with van der Waals surface area (Å²) in [4.78, 5) is 12.6. The molecule has 0 fully saturated rings. The lowest BCUT2D eigenvalue weighted by molar-refractivity contribution is -0.112. The molecule has 5 nitrogen and oxygen atoms in total. The number of fused-ring (bicyclic) bond motifs is 1. The molecule has 3 N–H and O–H groups in total. The number of nitrogens with zero attached hydrogens (tertiary/aromatic N) is 1. The van der Waals surface area contributed by atoms with Crippen molar-refractivity contribution >= 4 is 28.1 Å². The maximum atomic E-state index is 12.6. The van der Waals surface area contributed by atoms with Gasteiger partial charge in [0.05, 0.1) is 0 Å². The number of hydrogen-bond donors (Lipinski definition) is 3. The van der Waals surface area contributed by atoms with Crippen LogP contribution in [-0.4, -0.2) is 11.0 Å². The van der Waals surface area contributed by atoms with Gasteiger partial charge in [0.2, 0.25) is 0 Å². The van der Waals surface area contributed by atoms with Crippen molar-refractivity contribution in [3.05, 3.63) is 78.0 Å². The molecule has 3 rings (SSSR count). The van der Waals surface area contributed by atoms with Crippen LogP contribution in [0.15, 0.2) is 72.4 Å². The number of phenolic OH excluding ortho intramolecular Hbond substituents is 1. The van der Waals surface area contributed by atoms with Crippen LogP contribution in [0.1, 0.15) is 25.3 Å². The van der Waals surface area contributed by atoms with Crippen LogP contribution in [-0.2, 0) is 4.79 Å². The molecular formula is C23H21N3O2. The summed E-state index contributed by atoms with van der Waals surface area (Å²) < 4.78 is 0. The minimum Gasteiger partial charge on any atom is -0.507 e. The Morgan fingerprint density at radius 2 is 1.68 bits per heavy atom. The molecule has 5 heteroatoms. The quantitative estimate of drug-likeness (QED) is 0.429. The molecular weight excluding hydrogens is 350 g/mol. The van der Waals surface area contributed by atoms with Crippen LogP contribution in [0.4, 0.5) is 11.4 Å². The monoisotopic (exact) mass is 371 g/mol. The maximum absolute atomic E-state index is 12.6. The highest BCUT2D eigenvalue weighted by Crippen LogP contribution is 2.30. The fourth-order valence-corrected chi connectivity index (χ4v) is 3.02. The summed E-state index contributed by atoms with van der Waals surface area (Å²) in [5.41, 5.74) is 2.44. The smallest absolute Gasteiger partial charge is 0.267 e. The maximum Gasteiger partial charge on any atom is 0.267 e. The highest BCUT2D eigenvalue weighted by molar-refractivity contribution is 6.11. The van der Waals surface area contributed by atoms with E-state index in [-0.39, 0.29) is 11.3 Å².